The normalized spacial score (nSPS) is 20.1. The van der Waals surface area contributed by atoms with E-state index in [4.69, 9.17) is 14.2 Å². The number of benzene rings is 2. The van der Waals surface area contributed by atoms with Gasteiger partial charge in [0.1, 0.15) is 11.5 Å². The fraction of sp³-hybridized carbons (Fsp3) is 0.611. The lowest BCUT2D eigenvalue weighted by molar-refractivity contribution is -0.222. The Kier molecular flexibility index (Phi) is 13.0. The van der Waals surface area contributed by atoms with Gasteiger partial charge in [0.25, 0.3) is 0 Å². The summed E-state index contributed by atoms with van der Waals surface area (Å²) in [7, 11) is 0. The van der Waals surface area contributed by atoms with E-state index in [9.17, 15) is 22.8 Å². The fourth-order valence-corrected chi connectivity index (χ4v) is 6.48. The van der Waals surface area contributed by atoms with Gasteiger partial charge in [-0.25, -0.2) is 4.79 Å². The van der Waals surface area contributed by atoms with Gasteiger partial charge in [0.05, 0.1) is 18.1 Å². The summed E-state index contributed by atoms with van der Waals surface area (Å²) in [6, 6.07) is 13.9. The Hall–Kier alpha value is -3.03. The van der Waals surface area contributed by atoms with Crippen LogP contribution in [0.15, 0.2) is 48.5 Å². The van der Waals surface area contributed by atoms with E-state index in [0.29, 0.717) is 44.4 Å². The van der Waals surface area contributed by atoms with Crippen molar-refractivity contribution >= 4 is 11.9 Å². The number of esters is 2. The highest BCUT2D eigenvalue weighted by Crippen LogP contribution is 2.38. The van der Waals surface area contributed by atoms with Gasteiger partial charge in [0.2, 0.25) is 0 Å². The zero-order valence-electron chi connectivity index (χ0n) is 25.9. The van der Waals surface area contributed by atoms with Gasteiger partial charge in [0.15, 0.2) is 6.10 Å². The maximum Gasteiger partial charge on any atom is 0.425 e. The fourth-order valence-electron chi connectivity index (χ4n) is 6.48. The molecule has 2 aromatic carbocycles. The van der Waals surface area contributed by atoms with Crippen LogP contribution in [0.1, 0.15) is 125 Å². The number of unbranched alkanes of at least 4 members (excludes halogenated alkanes) is 5. The van der Waals surface area contributed by atoms with E-state index in [1.165, 1.54) is 61.9 Å². The number of carbonyl (C=O) groups is 2. The summed E-state index contributed by atoms with van der Waals surface area (Å²) in [5.74, 6) is -0.757. The molecule has 4 rings (SSSR count). The Labute approximate surface area is 259 Å². The van der Waals surface area contributed by atoms with Crippen LogP contribution in [0.25, 0.3) is 0 Å². The first-order valence-corrected chi connectivity index (χ1v) is 16.6. The van der Waals surface area contributed by atoms with Crippen LogP contribution in [0.3, 0.4) is 0 Å². The van der Waals surface area contributed by atoms with Gasteiger partial charge in [-0.15, -0.1) is 0 Å². The predicted molar refractivity (Wildman–Crippen MR) is 164 cm³/mol. The lowest BCUT2D eigenvalue weighted by atomic mass is 9.79. The van der Waals surface area contributed by atoms with E-state index in [2.05, 4.69) is 19.1 Å². The molecule has 2 saturated carbocycles. The molecular formula is C36H47F3O5. The van der Waals surface area contributed by atoms with E-state index in [-0.39, 0.29) is 23.2 Å². The third kappa shape index (κ3) is 10.3. The van der Waals surface area contributed by atoms with E-state index in [1.54, 1.807) is 0 Å². The van der Waals surface area contributed by atoms with Crippen molar-refractivity contribution in [2.45, 2.75) is 121 Å². The largest absolute Gasteiger partial charge is 0.494 e. The minimum Gasteiger partial charge on any atom is -0.494 e. The summed E-state index contributed by atoms with van der Waals surface area (Å²) in [5, 5.41) is 0. The Bertz CT molecular complexity index is 1150. The molecule has 5 nitrogen and oxygen atoms in total. The average molecular weight is 617 g/mol. The van der Waals surface area contributed by atoms with Gasteiger partial charge in [-0.05, 0) is 92.8 Å². The minimum atomic E-state index is -4.61. The Morgan fingerprint density at radius 2 is 1.39 bits per heavy atom. The molecule has 242 valence electrons. The van der Waals surface area contributed by atoms with Crippen molar-refractivity contribution in [1.29, 1.82) is 0 Å². The van der Waals surface area contributed by atoms with Crippen molar-refractivity contribution in [2.75, 3.05) is 6.61 Å². The summed E-state index contributed by atoms with van der Waals surface area (Å²) >= 11 is 0. The van der Waals surface area contributed by atoms with Crippen LogP contribution in [0.5, 0.6) is 11.5 Å². The van der Waals surface area contributed by atoms with E-state index >= 15 is 0 Å². The number of alkyl halides is 3. The molecule has 0 radical (unpaired) electrons. The number of ether oxygens (including phenoxy) is 3. The second-order valence-corrected chi connectivity index (χ2v) is 12.4. The first-order chi connectivity index (χ1) is 21.2. The Morgan fingerprint density at radius 3 is 2.02 bits per heavy atom. The molecule has 0 aliphatic heterocycles. The van der Waals surface area contributed by atoms with Crippen molar-refractivity contribution in [1.82, 2.24) is 0 Å². The summed E-state index contributed by atoms with van der Waals surface area (Å²) in [6.45, 7) is 2.96. The molecule has 44 heavy (non-hydrogen) atoms. The molecule has 1 unspecified atom stereocenters. The lowest BCUT2D eigenvalue weighted by Crippen LogP contribution is -2.41. The number of hydrogen-bond acceptors (Lipinski definition) is 5. The van der Waals surface area contributed by atoms with Gasteiger partial charge in [0, 0.05) is 5.92 Å². The highest BCUT2D eigenvalue weighted by atomic mass is 19.4. The number of carbonyl (C=O) groups excluding carboxylic acids is 2. The highest BCUT2D eigenvalue weighted by Gasteiger charge is 2.48. The SMILES string of the molecule is CCCCCCCCOc1ccc(C2CCC(C(=O)Oc3ccc(C(=O)OC(C4CCCCC4)C(F)(F)F)cc3)CC2)cc1. The van der Waals surface area contributed by atoms with Crippen LogP contribution in [-0.4, -0.2) is 30.8 Å². The number of rotatable bonds is 14. The lowest BCUT2D eigenvalue weighted by Gasteiger charge is -2.31. The minimum absolute atomic E-state index is 0.00538. The molecule has 1 atom stereocenters. The highest BCUT2D eigenvalue weighted by molar-refractivity contribution is 5.89. The smallest absolute Gasteiger partial charge is 0.425 e. The monoisotopic (exact) mass is 616 g/mol. The maximum absolute atomic E-state index is 13.7. The van der Waals surface area contributed by atoms with Crippen molar-refractivity contribution in [3.05, 3.63) is 59.7 Å². The van der Waals surface area contributed by atoms with Crippen LogP contribution in [0.2, 0.25) is 0 Å². The van der Waals surface area contributed by atoms with Crippen LogP contribution in [0.4, 0.5) is 13.2 Å². The maximum atomic E-state index is 13.7. The van der Waals surface area contributed by atoms with Gasteiger partial charge >= 0.3 is 18.1 Å². The Balaban J connectivity index is 1.19. The standard InChI is InChI=1S/C36H47F3O5/c1-2-3-4-5-6-10-25-42-31-21-17-27(18-22-31)26-13-15-29(16-14-26)34(40)43-32-23-19-30(20-24-32)35(41)44-33(36(37,38)39)28-11-8-7-9-12-28/h17-24,26,28-29,33H,2-16,25H2,1H3. The molecule has 2 fully saturated rings. The molecule has 0 aromatic heterocycles. The van der Waals surface area contributed by atoms with Gasteiger partial charge in [-0.2, -0.15) is 13.2 Å². The number of hydrogen-bond donors (Lipinski definition) is 0. The van der Waals surface area contributed by atoms with Crippen LogP contribution < -0.4 is 9.47 Å². The second-order valence-electron chi connectivity index (χ2n) is 12.4. The average Bonchev–Trinajstić information content (AvgIpc) is 3.03. The summed E-state index contributed by atoms with van der Waals surface area (Å²) in [5.41, 5.74) is 1.25. The van der Waals surface area contributed by atoms with Gasteiger partial charge in [-0.3, -0.25) is 4.79 Å². The third-order valence-corrected chi connectivity index (χ3v) is 9.12. The van der Waals surface area contributed by atoms with Gasteiger partial charge < -0.3 is 14.2 Å². The van der Waals surface area contributed by atoms with Crippen molar-refractivity contribution < 1.29 is 37.0 Å². The summed E-state index contributed by atoms with van der Waals surface area (Å²) < 4.78 is 57.4. The van der Waals surface area contributed by atoms with Gasteiger partial charge in [-0.1, -0.05) is 70.4 Å². The second kappa shape index (κ2) is 16.9. The number of halogens is 3. The molecule has 8 heteroatoms. The van der Waals surface area contributed by atoms with E-state index < -0.39 is 24.2 Å². The summed E-state index contributed by atoms with van der Waals surface area (Å²) in [4.78, 5) is 25.4. The van der Waals surface area contributed by atoms with Crippen LogP contribution in [-0.2, 0) is 9.53 Å². The van der Waals surface area contributed by atoms with Crippen molar-refractivity contribution in [3.8, 4) is 11.5 Å². The molecule has 0 saturated heterocycles. The van der Waals surface area contributed by atoms with E-state index in [1.807, 2.05) is 12.1 Å². The molecule has 0 amide bonds. The molecule has 0 spiro atoms. The molecule has 0 bridgehead atoms. The van der Waals surface area contributed by atoms with E-state index in [0.717, 1.165) is 38.0 Å². The molecule has 0 N–H and O–H groups in total. The topological polar surface area (TPSA) is 61.8 Å². The Morgan fingerprint density at radius 1 is 0.773 bits per heavy atom. The van der Waals surface area contributed by atoms with Crippen LogP contribution in [0, 0.1) is 11.8 Å². The first-order valence-electron chi connectivity index (χ1n) is 16.6. The van der Waals surface area contributed by atoms with Crippen molar-refractivity contribution in [2.24, 2.45) is 11.8 Å². The molecule has 2 aromatic rings. The molecule has 0 heterocycles. The third-order valence-electron chi connectivity index (χ3n) is 9.12. The zero-order chi connectivity index (χ0) is 31.4. The van der Waals surface area contributed by atoms with Crippen LogP contribution >= 0.6 is 0 Å². The molecule has 2 aliphatic carbocycles. The quantitative estimate of drug-likeness (QED) is 0.120. The predicted octanol–water partition coefficient (Wildman–Crippen LogP) is 9.97. The zero-order valence-corrected chi connectivity index (χ0v) is 25.9. The first kappa shape index (κ1) is 33.9. The van der Waals surface area contributed by atoms with Crippen molar-refractivity contribution in [3.63, 3.8) is 0 Å². The molecular weight excluding hydrogens is 569 g/mol. The summed E-state index contributed by atoms with van der Waals surface area (Å²) in [6.07, 6.45) is 6.98. The molecule has 2 aliphatic rings.